The third-order valence-corrected chi connectivity index (χ3v) is 5.08. The molecule has 0 radical (unpaired) electrons. The molecule has 3 rings (SSSR count). The van der Waals surface area contributed by atoms with Crippen LogP contribution in [0.25, 0.3) is 11.4 Å². The van der Waals surface area contributed by atoms with Crippen LogP contribution >= 0.6 is 11.3 Å². The van der Waals surface area contributed by atoms with Crippen molar-refractivity contribution in [2.45, 2.75) is 31.5 Å². The number of nitrogens with one attached hydrogen (secondary N) is 1. The summed E-state index contributed by atoms with van der Waals surface area (Å²) in [5.74, 6) is -2.52. The van der Waals surface area contributed by atoms with Crippen molar-refractivity contribution >= 4 is 23.2 Å². The molecule has 0 spiro atoms. The molecule has 2 aromatic heterocycles. The van der Waals surface area contributed by atoms with Crippen molar-refractivity contribution in [3.63, 3.8) is 0 Å². The van der Waals surface area contributed by atoms with Gasteiger partial charge in [-0.3, -0.25) is 14.6 Å². The first-order chi connectivity index (χ1) is 12.9. The van der Waals surface area contributed by atoms with Gasteiger partial charge in [-0.25, -0.2) is 4.98 Å². The topological polar surface area (TPSA) is 75.2 Å². The molecule has 1 unspecified atom stereocenters. The number of amides is 2. The molecule has 0 bridgehead atoms. The van der Waals surface area contributed by atoms with Crippen molar-refractivity contribution in [1.29, 1.82) is 0 Å². The fraction of sp³-hybridized carbons (Fsp3) is 0.412. The van der Waals surface area contributed by atoms with E-state index >= 15 is 0 Å². The summed E-state index contributed by atoms with van der Waals surface area (Å²) in [6.07, 6.45) is -2.24. The molecule has 1 saturated heterocycles. The summed E-state index contributed by atoms with van der Waals surface area (Å²) >= 11 is 1.42. The Hall–Kier alpha value is -2.49. The van der Waals surface area contributed by atoms with E-state index in [2.05, 4.69) is 15.3 Å². The molecule has 0 saturated carbocycles. The van der Waals surface area contributed by atoms with E-state index in [9.17, 15) is 22.8 Å². The fourth-order valence-electron chi connectivity index (χ4n) is 2.91. The number of rotatable bonds is 5. The number of nitrogens with zero attached hydrogens (tertiary/aromatic N) is 3. The highest BCUT2D eigenvalue weighted by Crippen LogP contribution is 2.26. The number of halogens is 3. The zero-order valence-electron chi connectivity index (χ0n) is 14.2. The first-order valence-corrected chi connectivity index (χ1v) is 9.25. The van der Waals surface area contributed by atoms with Crippen LogP contribution in [-0.4, -0.2) is 52.0 Å². The third-order valence-electron chi connectivity index (χ3n) is 4.18. The predicted octanol–water partition coefficient (Wildman–Crippen LogP) is 2.42. The van der Waals surface area contributed by atoms with Crippen LogP contribution in [-0.2, 0) is 16.0 Å². The Morgan fingerprint density at radius 2 is 2.11 bits per heavy atom. The Kier molecular flexibility index (Phi) is 5.73. The summed E-state index contributed by atoms with van der Waals surface area (Å²) < 4.78 is 37.9. The Morgan fingerprint density at radius 3 is 2.81 bits per heavy atom. The number of likely N-dealkylation sites (tertiary alicyclic amines) is 1. The van der Waals surface area contributed by atoms with Gasteiger partial charge in [0.15, 0.2) is 0 Å². The Labute approximate surface area is 157 Å². The molecule has 0 aromatic carbocycles. The standard InChI is InChI=1S/C17H17F3N4O2S/c18-17(19,20)16(26)24-9-3-5-13(24)15(25)22-8-6-14-23-12(10-27-14)11-4-1-2-7-21-11/h1-2,4,7,10,13H,3,5-6,8-9H2,(H,22,25). The average Bonchev–Trinajstić information content (AvgIpc) is 3.30. The van der Waals surface area contributed by atoms with E-state index in [4.69, 9.17) is 0 Å². The Bertz CT molecular complexity index is 810. The summed E-state index contributed by atoms with van der Waals surface area (Å²) in [6.45, 7) is 0.175. The van der Waals surface area contributed by atoms with E-state index in [-0.39, 0.29) is 19.5 Å². The van der Waals surface area contributed by atoms with Gasteiger partial charge in [0.05, 0.1) is 16.4 Å². The van der Waals surface area contributed by atoms with Crippen LogP contribution in [0.3, 0.4) is 0 Å². The Balaban J connectivity index is 1.52. The molecule has 2 aromatic rings. The van der Waals surface area contributed by atoms with Gasteiger partial charge >= 0.3 is 12.1 Å². The molecule has 6 nitrogen and oxygen atoms in total. The van der Waals surface area contributed by atoms with Crippen molar-refractivity contribution in [2.24, 2.45) is 0 Å². The van der Waals surface area contributed by atoms with E-state index in [1.807, 2.05) is 23.6 Å². The average molecular weight is 398 g/mol. The second-order valence-corrected chi connectivity index (χ2v) is 6.98. The Morgan fingerprint density at radius 1 is 1.30 bits per heavy atom. The van der Waals surface area contributed by atoms with E-state index in [0.29, 0.717) is 17.7 Å². The van der Waals surface area contributed by atoms with Crippen LogP contribution in [0.5, 0.6) is 0 Å². The monoisotopic (exact) mass is 398 g/mol. The second-order valence-electron chi connectivity index (χ2n) is 6.04. The summed E-state index contributed by atoms with van der Waals surface area (Å²) in [7, 11) is 0. The van der Waals surface area contributed by atoms with Crippen LogP contribution < -0.4 is 5.32 Å². The van der Waals surface area contributed by atoms with Crippen molar-refractivity contribution in [2.75, 3.05) is 13.1 Å². The second kappa shape index (κ2) is 8.03. The number of aromatic nitrogens is 2. The predicted molar refractivity (Wildman–Crippen MR) is 92.8 cm³/mol. The van der Waals surface area contributed by atoms with Crippen molar-refractivity contribution in [3.8, 4) is 11.4 Å². The fourth-order valence-corrected chi connectivity index (χ4v) is 3.71. The zero-order valence-corrected chi connectivity index (χ0v) is 15.0. The van der Waals surface area contributed by atoms with Gasteiger partial charge in [-0.15, -0.1) is 11.3 Å². The molecule has 2 amide bonds. The molecule has 1 atom stereocenters. The zero-order chi connectivity index (χ0) is 19.4. The van der Waals surface area contributed by atoms with Gasteiger partial charge in [0.25, 0.3) is 0 Å². The smallest absolute Gasteiger partial charge is 0.354 e. The van der Waals surface area contributed by atoms with Gasteiger partial charge < -0.3 is 10.2 Å². The SMILES string of the molecule is O=C(NCCc1nc(-c2ccccn2)cs1)C1CCCN1C(=O)C(F)(F)F. The van der Waals surface area contributed by atoms with E-state index < -0.39 is 24.0 Å². The number of carbonyl (C=O) groups is 2. The lowest BCUT2D eigenvalue weighted by Gasteiger charge is -2.24. The molecule has 10 heteroatoms. The molecule has 0 aliphatic carbocycles. The van der Waals surface area contributed by atoms with Crippen LogP contribution in [0.1, 0.15) is 17.8 Å². The number of hydrogen-bond acceptors (Lipinski definition) is 5. The maximum Gasteiger partial charge on any atom is 0.471 e. The maximum atomic E-state index is 12.6. The van der Waals surface area contributed by atoms with Crippen molar-refractivity contribution in [1.82, 2.24) is 20.2 Å². The van der Waals surface area contributed by atoms with Crippen LogP contribution in [0.4, 0.5) is 13.2 Å². The summed E-state index contributed by atoms with van der Waals surface area (Å²) in [4.78, 5) is 32.9. The van der Waals surface area contributed by atoms with Crippen LogP contribution in [0.15, 0.2) is 29.8 Å². The van der Waals surface area contributed by atoms with Crippen molar-refractivity contribution in [3.05, 3.63) is 34.8 Å². The minimum Gasteiger partial charge on any atom is -0.354 e. The van der Waals surface area contributed by atoms with Crippen LogP contribution in [0, 0.1) is 0 Å². The van der Waals surface area contributed by atoms with E-state index in [0.717, 1.165) is 16.4 Å². The van der Waals surface area contributed by atoms with E-state index in [1.54, 1.807) is 6.20 Å². The summed E-state index contributed by atoms with van der Waals surface area (Å²) in [6, 6.07) is 4.44. The number of pyridine rings is 1. The largest absolute Gasteiger partial charge is 0.471 e. The minimum atomic E-state index is -4.97. The highest BCUT2D eigenvalue weighted by molar-refractivity contribution is 7.09. The molecule has 1 aliphatic heterocycles. The molecule has 1 fully saturated rings. The molecular formula is C17H17F3N4O2S. The number of thiazole rings is 1. The van der Waals surface area contributed by atoms with E-state index in [1.165, 1.54) is 11.3 Å². The van der Waals surface area contributed by atoms with Gasteiger partial charge in [-0.1, -0.05) is 6.07 Å². The normalized spacial score (nSPS) is 17.1. The third kappa shape index (κ3) is 4.62. The lowest BCUT2D eigenvalue weighted by atomic mass is 10.2. The first-order valence-electron chi connectivity index (χ1n) is 8.37. The highest BCUT2D eigenvalue weighted by atomic mass is 32.1. The number of carbonyl (C=O) groups excluding carboxylic acids is 2. The molecule has 3 heterocycles. The quantitative estimate of drug-likeness (QED) is 0.839. The number of alkyl halides is 3. The van der Waals surface area contributed by atoms with Crippen molar-refractivity contribution < 1.29 is 22.8 Å². The van der Waals surface area contributed by atoms with Gasteiger partial charge in [0.2, 0.25) is 5.91 Å². The van der Waals surface area contributed by atoms with Crippen LogP contribution in [0.2, 0.25) is 0 Å². The minimum absolute atomic E-state index is 0.0592. The van der Waals surface area contributed by atoms with Gasteiger partial charge in [0, 0.05) is 31.1 Å². The van der Waals surface area contributed by atoms with Gasteiger partial charge in [0.1, 0.15) is 6.04 Å². The highest BCUT2D eigenvalue weighted by Gasteiger charge is 2.47. The summed E-state index contributed by atoms with van der Waals surface area (Å²) in [5, 5.41) is 5.25. The maximum absolute atomic E-state index is 12.6. The van der Waals surface area contributed by atoms with Gasteiger partial charge in [-0.05, 0) is 25.0 Å². The summed E-state index contributed by atoms with van der Waals surface area (Å²) in [5.41, 5.74) is 1.48. The lowest BCUT2D eigenvalue weighted by Crippen LogP contribution is -2.50. The molecular weight excluding hydrogens is 381 g/mol. The molecule has 1 aliphatic rings. The number of hydrogen-bond donors (Lipinski definition) is 1. The molecule has 1 N–H and O–H groups in total. The lowest BCUT2D eigenvalue weighted by molar-refractivity contribution is -0.186. The first kappa shape index (κ1) is 19.3. The van der Waals surface area contributed by atoms with Gasteiger partial charge in [-0.2, -0.15) is 13.2 Å². The molecule has 27 heavy (non-hydrogen) atoms. The molecule has 144 valence electrons.